The molecule has 21 heavy (non-hydrogen) atoms. The molecule has 0 aromatic heterocycles. The van der Waals surface area contributed by atoms with E-state index >= 15 is 0 Å². The van der Waals surface area contributed by atoms with Gasteiger partial charge in [0.15, 0.2) is 0 Å². The molecule has 0 bridgehead atoms. The Labute approximate surface area is 131 Å². The lowest BCUT2D eigenvalue weighted by Crippen LogP contribution is -1.98. The SMILES string of the molecule is CCCCCCCC/C=C\CC/C=C\CCCC(=O)OC. The van der Waals surface area contributed by atoms with Crippen LogP contribution in [0.25, 0.3) is 0 Å². The maximum absolute atomic E-state index is 10.9. The van der Waals surface area contributed by atoms with Gasteiger partial charge in [0.1, 0.15) is 0 Å². The highest BCUT2D eigenvalue weighted by Gasteiger charge is 1.96. The summed E-state index contributed by atoms with van der Waals surface area (Å²) in [6, 6.07) is 0. The van der Waals surface area contributed by atoms with E-state index in [1.54, 1.807) is 0 Å². The van der Waals surface area contributed by atoms with E-state index in [2.05, 4.69) is 36.0 Å². The van der Waals surface area contributed by atoms with Crippen molar-refractivity contribution in [2.75, 3.05) is 7.11 Å². The van der Waals surface area contributed by atoms with Gasteiger partial charge < -0.3 is 4.74 Å². The summed E-state index contributed by atoms with van der Waals surface area (Å²) in [5, 5.41) is 0. The molecule has 122 valence electrons. The minimum atomic E-state index is -0.110. The van der Waals surface area contributed by atoms with Crippen LogP contribution in [0.5, 0.6) is 0 Å². The van der Waals surface area contributed by atoms with Gasteiger partial charge in [-0.15, -0.1) is 0 Å². The van der Waals surface area contributed by atoms with Crippen LogP contribution in [0.1, 0.15) is 84.0 Å². The van der Waals surface area contributed by atoms with Gasteiger partial charge in [-0.1, -0.05) is 63.3 Å². The summed E-state index contributed by atoms with van der Waals surface area (Å²) in [5.74, 6) is -0.110. The molecule has 0 atom stereocenters. The molecule has 0 aliphatic carbocycles. The molecule has 0 saturated heterocycles. The number of allylic oxidation sites excluding steroid dienone is 4. The van der Waals surface area contributed by atoms with Gasteiger partial charge in [-0.2, -0.15) is 0 Å². The number of unbranched alkanes of at least 4 members (excludes halogenated alkanes) is 8. The molecule has 0 aromatic rings. The van der Waals surface area contributed by atoms with Crippen LogP contribution in [0.3, 0.4) is 0 Å². The zero-order valence-electron chi connectivity index (χ0n) is 14.1. The topological polar surface area (TPSA) is 26.3 Å². The highest BCUT2D eigenvalue weighted by Crippen LogP contribution is 2.07. The number of esters is 1. The third-order valence-corrected chi connectivity index (χ3v) is 3.54. The minimum Gasteiger partial charge on any atom is -0.469 e. The van der Waals surface area contributed by atoms with Crippen LogP contribution in [-0.2, 0) is 9.53 Å². The predicted molar refractivity (Wildman–Crippen MR) is 91.4 cm³/mol. The van der Waals surface area contributed by atoms with E-state index in [-0.39, 0.29) is 5.97 Å². The number of rotatable bonds is 14. The molecule has 0 spiro atoms. The molecule has 0 radical (unpaired) electrons. The van der Waals surface area contributed by atoms with Crippen molar-refractivity contribution in [1.82, 2.24) is 0 Å². The number of hydrogen-bond acceptors (Lipinski definition) is 2. The van der Waals surface area contributed by atoms with Crippen molar-refractivity contribution >= 4 is 5.97 Å². The van der Waals surface area contributed by atoms with Gasteiger partial charge in [0.05, 0.1) is 7.11 Å². The third kappa shape index (κ3) is 16.9. The number of hydrogen-bond donors (Lipinski definition) is 0. The fourth-order valence-electron chi connectivity index (χ4n) is 2.17. The van der Waals surface area contributed by atoms with Crippen molar-refractivity contribution in [1.29, 1.82) is 0 Å². The first-order valence-electron chi connectivity index (χ1n) is 8.68. The lowest BCUT2D eigenvalue weighted by atomic mass is 10.1. The third-order valence-electron chi connectivity index (χ3n) is 3.54. The second-order valence-corrected chi connectivity index (χ2v) is 5.54. The standard InChI is InChI=1S/C19H34O2/c1-3-4-5-6-7-8-9-10-11-12-13-14-15-16-17-18-19(20)21-2/h10-11,14-15H,3-9,12-13,16-18H2,1-2H3/b11-10-,15-14-. The van der Waals surface area contributed by atoms with E-state index in [0.29, 0.717) is 6.42 Å². The largest absolute Gasteiger partial charge is 0.469 e. The lowest BCUT2D eigenvalue weighted by molar-refractivity contribution is -0.140. The van der Waals surface area contributed by atoms with Crippen LogP contribution in [0.2, 0.25) is 0 Å². The van der Waals surface area contributed by atoms with E-state index < -0.39 is 0 Å². The maximum Gasteiger partial charge on any atom is 0.305 e. The molecule has 0 heterocycles. The van der Waals surface area contributed by atoms with Crippen molar-refractivity contribution < 1.29 is 9.53 Å². The lowest BCUT2D eigenvalue weighted by Gasteiger charge is -1.97. The van der Waals surface area contributed by atoms with Crippen molar-refractivity contribution in [3.63, 3.8) is 0 Å². The van der Waals surface area contributed by atoms with E-state index in [1.165, 1.54) is 52.1 Å². The molecule has 0 aromatic carbocycles. The number of carbonyl (C=O) groups excluding carboxylic acids is 1. The Morgan fingerprint density at radius 3 is 1.90 bits per heavy atom. The summed E-state index contributed by atoms with van der Waals surface area (Å²) in [6.07, 6.45) is 23.1. The molecule has 2 nitrogen and oxygen atoms in total. The van der Waals surface area contributed by atoms with Gasteiger partial charge in [0.25, 0.3) is 0 Å². The summed E-state index contributed by atoms with van der Waals surface area (Å²) in [4.78, 5) is 10.9. The van der Waals surface area contributed by atoms with E-state index in [1.807, 2.05) is 0 Å². The molecule has 0 rings (SSSR count). The zero-order valence-corrected chi connectivity index (χ0v) is 14.1. The summed E-state index contributed by atoms with van der Waals surface area (Å²) in [7, 11) is 1.44. The molecule has 0 saturated carbocycles. The Bertz CT molecular complexity index is 279. The number of carbonyl (C=O) groups is 1. The average Bonchev–Trinajstić information content (AvgIpc) is 2.50. The van der Waals surface area contributed by atoms with E-state index in [9.17, 15) is 4.79 Å². The average molecular weight is 294 g/mol. The van der Waals surface area contributed by atoms with E-state index in [4.69, 9.17) is 0 Å². The van der Waals surface area contributed by atoms with Crippen LogP contribution in [0.4, 0.5) is 0 Å². The monoisotopic (exact) mass is 294 g/mol. The van der Waals surface area contributed by atoms with Crippen molar-refractivity contribution in [3.05, 3.63) is 24.3 Å². The first-order chi connectivity index (χ1) is 10.3. The Morgan fingerprint density at radius 2 is 1.29 bits per heavy atom. The summed E-state index contributed by atoms with van der Waals surface area (Å²) < 4.78 is 4.60. The summed E-state index contributed by atoms with van der Waals surface area (Å²) in [5.41, 5.74) is 0. The first kappa shape index (κ1) is 19.9. The van der Waals surface area contributed by atoms with E-state index in [0.717, 1.165) is 25.7 Å². The first-order valence-corrected chi connectivity index (χ1v) is 8.68. The molecular formula is C19H34O2. The molecule has 0 fully saturated rings. The fraction of sp³-hybridized carbons (Fsp3) is 0.737. The molecule has 0 unspecified atom stereocenters. The smallest absolute Gasteiger partial charge is 0.305 e. The Kier molecular flexibility index (Phi) is 16.2. The predicted octanol–water partition coefficient (Wildman–Crippen LogP) is 5.97. The van der Waals surface area contributed by atoms with Gasteiger partial charge >= 0.3 is 5.97 Å². The molecule has 0 amide bonds. The van der Waals surface area contributed by atoms with Crippen LogP contribution in [0, 0.1) is 0 Å². The Balaban J connectivity index is 3.22. The molecule has 2 heteroatoms. The molecular weight excluding hydrogens is 260 g/mol. The van der Waals surface area contributed by atoms with Gasteiger partial charge in [-0.3, -0.25) is 4.79 Å². The fourth-order valence-corrected chi connectivity index (χ4v) is 2.17. The highest BCUT2D eigenvalue weighted by molar-refractivity contribution is 5.68. The minimum absolute atomic E-state index is 0.110. The van der Waals surface area contributed by atoms with Crippen LogP contribution >= 0.6 is 0 Å². The van der Waals surface area contributed by atoms with Crippen molar-refractivity contribution in [3.8, 4) is 0 Å². The molecule has 0 aliphatic heterocycles. The maximum atomic E-state index is 10.9. The Hall–Kier alpha value is -1.05. The second kappa shape index (κ2) is 17.0. The number of methoxy groups -OCH3 is 1. The van der Waals surface area contributed by atoms with Crippen molar-refractivity contribution in [2.24, 2.45) is 0 Å². The quantitative estimate of drug-likeness (QED) is 0.224. The zero-order chi connectivity index (χ0) is 15.6. The Morgan fingerprint density at radius 1 is 0.762 bits per heavy atom. The van der Waals surface area contributed by atoms with Gasteiger partial charge in [-0.25, -0.2) is 0 Å². The van der Waals surface area contributed by atoms with Crippen LogP contribution < -0.4 is 0 Å². The summed E-state index contributed by atoms with van der Waals surface area (Å²) >= 11 is 0. The molecule has 0 N–H and O–H groups in total. The normalized spacial score (nSPS) is 11.5. The summed E-state index contributed by atoms with van der Waals surface area (Å²) in [6.45, 7) is 2.26. The van der Waals surface area contributed by atoms with Gasteiger partial charge in [-0.05, 0) is 38.5 Å². The molecule has 0 aliphatic rings. The van der Waals surface area contributed by atoms with Gasteiger partial charge in [0, 0.05) is 6.42 Å². The van der Waals surface area contributed by atoms with Crippen LogP contribution in [0.15, 0.2) is 24.3 Å². The number of ether oxygens (including phenoxy) is 1. The van der Waals surface area contributed by atoms with Crippen LogP contribution in [-0.4, -0.2) is 13.1 Å². The highest BCUT2D eigenvalue weighted by atomic mass is 16.5. The van der Waals surface area contributed by atoms with Crippen molar-refractivity contribution in [2.45, 2.75) is 84.0 Å². The second-order valence-electron chi connectivity index (χ2n) is 5.54. The van der Waals surface area contributed by atoms with Gasteiger partial charge in [0.2, 0.25) is 0 Å².